The predicted octanol–water partition coefficient (Wildman–Crippen LogP) is 3.01. The van der Waals surface area contributed by atoms with Crippen molar-refractivity contribution in [3.63, 3.8) is 0 Å². The first kappa shape index (κ1) is 10.1. The van der Waals surface area contributed by atoms with E-state index in [0.717, 1.165) is 35.1 Å². The average Bonchev–Trinajstić information content (AvgIpc) is 2.59. The fourth-order valence-corrected chi connectivity index (χ4v) is 4.56. The molecule has 2 aliphatic carbocycles. The molecule has 0 aromatic heterocycles. The van der Waals surface area contributed by atoms with Crippen LogP contribution in [0.5, 0.6) is 0 Å². The van der Waals surface area contributed by atoms with Crippen LogP contribution in [0.2, 0.25) is 0 Å². The fourth-order valence-electron chi connectivity index (χ4n) is 4.56. The highest BCUT2D eigenvalue weighted by Crippen LogP contribution is 2.68. The van der Waals surface area contributed by atoms with E-state index < -0.39 is 0 Å². The number of likely N-dealkylation sites (tertiary alicyclic amines) is 1. The molecule has 15 heavy (non-hydrogen) atoms. The number of rotatable bonds is 2. The van der Waals surface area contributed by atoms with Crippen molar-refractivity contribution in [2.75, 3.05) is 13.1 Å². The summed E-state index contributed by atoms with van der Waals surface area (Å²) in [6.45, 7) is 12.3. The van der Waals surface area contributed by atoms with Gasteiger partial charge in [0.25, 0.3) is 0 Å². The highest BCUT2D eigenvalue weighted by atomic mass is 15.2. The van der Waals surface area contributed by atoms with Gasteiger partial charge in [-0.15, -0.1) is 0 Å². The minimum absolute atomic E-state index is 0.772. The van der Waals surface area contributed by atoms with Crippen molar-refractivity contribution >= 4 is 0 Å². The topological polar surface area (TPSA) is 3.24 Å². The number of nitrogens with zero attached hydrogens (tertiary/aromatic N) is 1. The molecular formula is C14H25N. The van der Waals surface area contributed by atoms with Gasteiger partial charge in [-0.2, -0.15) is 0 Å². The van der Waals surface area contributed by atoms with Gasteiger partial charge >= 0.3 is 0 Å². The normalized spacial score (nSPS) is 42.4. The Labute approximate surface area is 94.2 Å². The molecule has 2 atom stereocenters. The third-order valence-electron chi connectivity index (χ3n) is 5.31. The van der Waals surface area contributed by atoms with Gasteiger partial charge in [0.1, 0.15) is 0 Å². The maximum Gasteiger partial charge on any atom is 0.00534 e. The molecule has 1 aliphatic heterocycles. The van der Waals surface area contributed by atoms with Crippen LogP contribution in [0.25, 0.3) is 0 Å². The van der Waals surface area contributed by atoms with E-state index >= 15 is 0 Å². The van der Waals surface area contributed by atoms with Gasteiger partial charge < -0.3 is 0 Å². The van der Waals surface area contributed by atoms with Crippen LogP contribution >= 0.6 is 0 Å². The summed E-state index contributed by atoms with van der Waals surface area (Å²) in [6, 6.07) is 0.772. The lowest BCUT2D eigenvalue weighted by Crippen LogP contribution is -2.58. The standard InChI is InChI=1S/C14H25N/c1-9(2)13-11-5-14(6-12(11)13)7-15(8-14)10(3)4/h9-13H,5-8H2,1-4H3. The Morgan fingerprint density at radius 3 is 1.93 bits per heavy atom. The molecule has 2 unspecified atom stereocenters. The molecule has 0 aromatic carbocycles. The molecule has 0 amide bonds. The fraction of sp³-hybridized carbons (Fsp3) is 1.00. The van der Waals surface area contributed by atoms with E-state index in [1.165, 1.54) is 13.1 Å². The number of hydrogen-bond acceptors (Lipinski definition) is 1. The molecular weight excluding hydrogens is 182 g/mol. The molecule has 86 valence electrons. The van der Waals surface area contributed by atoms with Crippen molar-refractivity contribution in [1.82, 2.24) is 4.90 Å². The highest BCUT2D eigenvalue weighted by molar-refractivity contribution is 5.14. The number of fused-ring (bicyclic) bond motifs is 1. The maximum absolute atomic E-state index is 2.65. The summed E-state index contributed by atoms with van der Waals surface area (Å²) in [5.41, 5.74) is 0.783. The largest absolute Gasteiger partial charge is 0.300 e. The smallest absolute Gasteiger partial charge is 0.00534 e. The zero-order valence-corrected chi connectivity index (χ0v) is 10.7. The molecule has 3 rings (SSSR count). The molecule has 1 saturated heterocycles. The minimum atomic E-state index is 0.772. The van der Waals surface area contributed by atoms with E-state index in [1.807, 2.05) is 0 Å². The molecule has 0 radical (unpaired) electrons. The van der Waals surface area contributed by atoms with Gasteiger partial charge in [-0.1, -0.05) is 13.8 Å². The van der Waals surface area contributed by atoms with Crippen LogP contribution in [-0.4, -0.2) is 24.0 Å². The summed E-state index contributed by atoms with van der Waals surface area (Å²) in [4.78, 5) is 2.65. The molecule has 0 aromatic rings. The summed E-state index contributed by atoms with van der Waals surface area (Å²) in [7, 11) is 0. The van der Waals surface area contributed by atoms with E-state index in [4.69, 9.17) is 0 Å². The lowest BCUT2D eigenvalue weighted by Gasteiger charge is -2.52. The Balaban J connectivity index is 1.55. The first-order chi connectivity index (χ1) is 7.02. The summed E-state index contributed by atoms with van der Waals surface area (Å²) in [6.07, 6.45) is 3.12. The van der Waals surface area contributed by atoms with Crippen LogP contribution in [-0.2, 0) is 0 Å². The van der Waals surface area contributed by atoms with E-state index in [2.05, 4.69) is 32.6 Å². The van der Waals surface area contributed by atoms with Crippen LogP contribution in [0, 0.1) is 29.1 Å². The van der Waals surface area contributed by atoms with Crippen LogP contribution in [0.3, 0.4) is 0 Å². The summed E-state index contributed by atoms with van der Waals surface area (Å²) >= 11 is 0. The summed E-state index contributed by atoms with van der Waals surface area (Å²) in [5.74, 6) is 4.29. The Hall–Kier alpha value is -0.0400. The molecule has 1 heterocycles. The van der Waals surface area contributed by atoms with Crippen molar-refractivity contribution < 1.29 is 0 Å². The Morgan fingerprint density at radius 2 is 1.53 bits per heavy atom. The van der Waals surface area contributed by atoms with Gasteiger partial charge in [0, 0.05) is 19.1 Å². The van der Waals surface area contributed by atoms with Crippen LogP contribution in [0.15, 0.2) is 0 Å². The summed E-state index contributed by atoms with van der Waals surface area (Å²) < 4.78 is 0. The zero-order chi connectivity index (χ0) is 10.8. The third-order valence-corrected chi connectivity index (χ3v) is 5.31. The molecule has 3 aliphatic rings. The van der Waals surface area contributed by atoms with Gasteiger partial charge in [0.15, 0.2) is 0 Å². The van der Waals surface area contributed by atoms with Crippen LogP contribution in [0.1, 0.15) is 40.5 Å². The molecule has 1 spiro atoms. The first-order valence-electron chi connectivity index (χ1n) is 6.76. The monoisotopic (exact) mass is 207 g/mol. The second-order valence-corrected chi connectivity index (χ2v) is 7.06. The van der Waals surface area contributed by atoms with Crippen molar-refractivity contribution in [1.29, 1.82) is 0 Å². The summed E-state index contributed by atoms with van der Waals surface area (Å²) in [5, 5.41) is 0. The second kappa shape index (κ2) is 3.00. The highest BCUT2D eigenvalue weighted by Gasteiger charge is 2.64. The minimum Gasteiger partial charge on any atom is -0.300 e. The molecule has 3 fully saturated rings. The third kappa shape index (κ3) is 1.39. The van der Waals surface area contributed by atoms with Crippen molar-refractivity contribution in [3.8, 4) is 0 Å². The number of hydrogen-bond donors (Lipinski definition) is 0. The Bertz CT molecular complexity index is 249. The molecule has 0 N–H and O–H groups in total. The molecule has 2 saturated carbocycles. The zero-order valence-electron chi connectivity index (χ0n) is 10.7. The predicted molar refractivity (Wildman–Crippen MR) is 63.7 cm³/mol. The van der Waals surface area contributed by atoms with E-state index in [0.29, 0.717) is 0 Å². The Kier molecular flexibility index (Phi) is 2.03. The van der Waals surface area contributed by atoms with Gasteiger partial charge in [-0.25, -0.2) is 0 Å². The molecule has 1 heteroatoms. The van der Waals surface area contributed by atoms with Gasteiger partial charge in [0.05, 0.1) is 0 Å². The maximum atomic E-state index is 2.65. The van der Waals surface area contributed by atoms with E-state index in [9.17, 15) is 0 Å². The SMILES string of the molecule is CC(C)C1C2CC3(CC21)CN(C(C)C)C3. The van der Waals surface area contributed by atoms with Gasteiger partial charge in [-0.3, -0.25) is 4.90 Å². The van der Waals surface area contributed by atoms with Crippen molar-refractivity contribution in [2.24, 2.45) is 29.1 Å². The lowest BCUT2D eigenvalue weighted by molar-refractivity contribution is -0.0296. The Morgan fingerprint density at radius 1 is 1.00 bits per heavy atom. The van der Waals surface area contributed by atoms with E-state index in [-0.39, 0.29) is 0 Å². The second-order valence-electron chi connectivity index (χ2n) is 7.06. The quantitative estimate of drug-likeness (QED) is 0.673. The van der Waals surface area contributed by atoms with Gasteiger partial charge in [-0.05, 0) is 55.8 Å². The van der Waals surface area contributed by atoms with Gasteiger partial charge in [0.2, 0.25) is 0 Å². The van der Waals surface area contributed by atoms with Crippen molar-refractivity contribution in [2.45, 2.75) is 46.6 Å². The average molecular weight is 207 g/mol. The van der Waals surface area contributed by atoms with E-state index in [1.54, 1.807) is 12.8 Å². The molecule has 0 bridgehead atoms. The molecule has 1 nitrogen and oxygen atoms in total. The van der Waals surface area contributed by atoms with Crippen LogP contribution < -0.4 is 0 Å². The van der Waals surface area contributed by atoms with Crippen LogP contribution in [0.4, 0.5) is 0 Å². The lowest BCUT2D eigenvalue weighted by atomic mass is 9.73. The van der Waals surface area contributed by atoms with Crippen molar-refractivity contribution in [3.05, 3.63) is 0 Å². The first-order valence-corrected chi connectivity index (χ1v) is 6.76.